The summed E-state index contributed by atoms with van der Waals surface area (Å²) >= 11 is 0. The van der Waals surface area contributed by atoms with Crippen molar-refractivity contribution in [1.82, 2.24) is 5.32 Å². The van der Waals surface area contributed by atoms with E-state index in [1.54, 1.807) is 0 Å². The zero-order valence-electron chi connectivity index (χ0n) is 11.2. The first-order chi connectivity index (χ1) is 8.92. The van der Waals surface area contributed by atoms with Gasteiger partial charge in [0.05, 0.1) is 14.2 Å². The largest absolute Gasteiger partial charge is 0.497 e. The second-order valence-corrected chi connectivity index (χ2v) is 4.07. The van der Waals surface area contributed by atoms with Gasteiger partial charge in [-0.3, -0.25) is 0 Å². The Balaban J connectivity index is 3.13. The van der Waals surface area contributed by atoms with Gasteiger partial charge in [-0.05, 0) is 30.7 Å². The van der Waals surface area contributed by atoms with Gasteiger partial charge in [-0.2, -0.15) is 13.2 Å². The van der Waals surface area contributed by atoms with Gasteiger partial charge in [0.2, 0.25) is 0 Å². The van der Waals surface area contributed by atoms with Crippen LogP contribution in [0.5, 0.6) is 11.5 Å². The summed E-state index contributed by atoms with van der Waals surface area (Å²) in [6, 6.07) is 2.54. The number of ether oxygens (including phenoxy) is 2. The summed E-state index contributed by atoms with van der Waals surface area (Å²) in [6.07, 6.45) is -3.75. The van der Waals surface area contributed by atoms with E-state index < -0.39 is 12.2 Å². The number of nitrogens with one attached hydrogen (secondary N) is 1. The molecular formula is C13H18F3NO2. The quantitative estimate of drug-likeness (QED) is 0.865. The molecule has 1 atom stereocenters. The molecule has 1 unspecified atom stereocenters. The summed E-state index contributed by atoms with van der Waals surface area (Å²) in [6.45, 7) is 2.09. The van der Waals surface area contributed by atoms with Crippen LogP contribution in [0.25, 0.3) is 0 Å². The van der Waals surface area contributed by atoms with Crippen molar-refractivity contribution in [3.05, 3.63) is 23.8 Å². The van der Waals surface area contributed by atoms with Crippen LogP contribution in [0, 0.1) is 0 Å². The van der Waals surface area contributed by atoms with Crippen molar-refractivity contribution in [2.45, 2.75) is 25.6 Å². The van der Waals surface area contributed by atoms with E-state index in [0.717, 1.165) is 0 Å². The monoisotopic (exact) mass is 277 g/mol. The number of hydrogen-bond acceptors (Lipinski definition) is 3. The molecule has 1 aromatic carbocycles. The fourth-order valence-corrected chi connectivity index (χ4v) is 1.71. The van der Waals surface area contributed by atoms with Gasteiger partial charge in [0.1, 0.15) is 17.5 Å². The number of benzene rings is 1. The molecule has 0 heterocycles. The molecule has 0 fully saturated rings. The van der Waals surface area contributed by atoms with Crippen molar-refractivity contribution >= 4 is 0 Å². The van der Waals surface area contributed by atoms with E-state index in [4.69, 9.17) is 9.47 Å². The number of halogens is 3. The molecule has 0 bridgehead atoms. The van der Waals surface area contributed by atoms with Crippen molar-refractivity contribution in [3.8, 4) is 11.5 Å². The van der Waals surface area contributed by atoms with E-state index in [2.05, 4.69) is 5.32 Å². The summed E-state index contributed by atoms with van der Waals surface area (Å²) in [5.74, 6) is 0.670. The molecule has 0 amide bonds. The van der Waals surface area contributed by atoms with Crippen LogP contribution in [0.15, 0.2) is 18.2 Å². The van der Waals surface area contributed by atoms with Gasteiger partial charge in [-0.15, -0.1) is 0 Å². The van der Waals surface area contributed by atoms with Crippen molar-refractivity contribution in [2.24, 2.45) is 0 Å². The highest BCUT2D eigenvalue weighted by Crippen LogP contribution is 2.36. The normalized spacial score (nSPS) is 13.2. The molecule has 1 N–H and O–H groups in total. The third-order valence-electron chi connectivity index (χ3n) is 2.63. The molecule has 108 valence electrons. The molecule has 19 heavy (non-hydrogen) atoms. The second kappa shape index (κ2) is 6.65. The molecule has 3 nitrogen and oxygen atoms in total. The smallest absolute Gasteiger partial charge is 0.407 e. The van der Waals surface area contributed by atoms with Crippen LogP contribution in [0.2, 0.25) is 0 Å². The highest BCUT2D eigenvalue weighted by Gasteiger charge is 2.40. The van der Waals surface area contributed by atoms with Crippen molar-refractivity contribution in [2.75, 3.05) is 20.8 Å². The second-order valence-electron chi connectivity index (χ2n) is 4.07. The van der Waals surface area contributed by atoms with E-state index >= 15 is 0 Å². The number of methoxy groups -OCH3 is 2. The van der Waals surface area contributed by atoms with Gasteiger partial charge in [0.25, 0.3) is 0 Å². The molecule has 0 radical (unpaired) electrons. The first-order valence-corrected chi connectivity index (χ1v) is 5.95. The molecule has 0 saturated carbocycles. The van der Waals surface area contributed by atoms with E-state index in [1.165, 1.54) is 32.4 Å². The molecule has 1 aromatic rings. The summed E-state index contributed by atoms with van der Waals surface area (Å²) in [7, 11) is 2.81. The third kappa shape index (κ3) is 4.31. The van der Waals surface area contributed by atoms with Gasteiger partial charge in [0, 0.05) is 6.07 Å². The predicted octanol–water partition coefficient (Wildman–Crippen LogP) is 3.31. The third-order valence-corrected chi connectivity index (χ3v) is 2.63. The summed E-state index contributed by atoms with van der Waals surface area (Å²) in [5, 5.41) is 2.49. The van der Waals surface area contributed by atoms with Crippen molar-refractivity contribution in [1.29, 1.82) is 0 Å². The topological polar surface area (TPSA) is 30.5 Å². The SMILES string of the molecule is CCCNC(c1cc(OC)cc(OC)c1)C(F)(F)F. The first kappa shape index (κ1) is 15.6. The Hall–Kier alpha value is -1.43. The minimum atomic E-state index is -4.37. The fraction of sp³-hybridized carbons (Fsp3) is 0.538. The van der Waals surface area contributed by atoms with Crippen molar-refractivity contribution < 1.29 is 22.6 Å². The summed E-state index contributed by atoms with van der Waals surface area (Å²) in [4.78, 5) is 0. The van der Waals surface area contributed by atoms with Gasteiger partial charge in [-0.25, -0.2) is 0 Å². The standard InChI is InChI=1S/C13H18F3NO2/c1-4-5-17-12(13(14,15)16)9-6-10(18-2)8-11(7-9)19-3/h6-8,12,17H,4-5H2,1-3H3. The lowest BCUT2D eigenvalue weighted by atomic mass is 10.1. The molecule has 0 aliphatic carbocycles. The molecule has 0 aliphatic rings. The average Bonchev–Trinajstić information content (AvgIpc) is 2.37. The minimum Gasteiger partial charge on any atom is -0.497 e. The summed E-state index contributed by atoms with van der Waals surface area (Å²) < 4.78 is 49.1. The molecular weight excluding hydrogens is 259 g/mol. The Morgan fingerprint density at radius 3 is 2.00 bits per heavy atom. The van der Waals surface area contributed by atoms with Crippen LogP contribution in [0.1, 0.15) is 24.9 Å². The Bertz CT molecular complexity index is 385. The average molecular weight is 277 g/mol. The lowest BCUT2D eigenvalue weighted by Gasteiger charge is -2.22. The fourth-order valence-electron chi connectivity index (χ4n) is 1.71. The van der Waals surface area contributed by atoms with Crippen molar-refractivity contribution in [3.63, 3.8) is 0 Å². The van der Waals surface area contributed by atoms with Crippen LogP contribution in [-0.2, 0) is 0 Å². The highest BCUT2D eigenvalue weighted by atomic mass is 19.4. The molecule has 0 aliphatic heterocycles. The van der Waals surface area contributed by atoms with Crippen LogP contribution in [0.3, 0.4) is 0 Å². The van der Waals surface area contributed by atoms with Gasteiger partial charge in [-0.1, -0.05) is 6.92 Å². The lowest BCUT2D eigenvalue weighted by molar-refractivity contribution is -0.157. The molecule has 0 spiro atoms. The van der Waals surface area contributed by atoms with Gasteiger partial charge in [0.15, 0.2) is 0 Å². The Morgan fingerprint density at radius 1 is 1.11 bits per heavy atom. The van der Waals surface area contributed by atoms with Crippen LogP contribution in [0.4, 0.5) is 13.2 Å². The maximum absolute atomic E-state index is 13.1. The zero-order valence-corrected chi connectivity index (χ0v) is 11.2. The zero-order chi connectivity index (χ0) is 14.5. The van der Waals surface area contributed by atoms with Gasteiger partial charge < -0.3 is 14.8 Å². The molecule has 1 rings (SSSR count). The lowest BCUT2D eigenvalue weighted by Crippen LogP contribution is -2.34. The predicted molar refractivity (Wildman–Crippen MR) is 66.6 cm³/mol. The van der Waals surface area contributed by atoms with Crippen LogP contribution < -0.4 is 14.8 Å². The highest BCUT2D eigenvalue weighted by molar-refractivity contribution is 5.40. The Kier molecular flexibility index (Phi) is 5.47. The number of rotatable bonds is 6. The Morgan fingerprint density at radius 2 is 1.63 bits per heavy atom. The van der Waals surface area contributed by atoms with E-state index in [1.807, 2.05) is 6.92 Å². The van der Waals surface area contributed by atoms with E-state index in [-0.39, 0.29) is 12.1 Å². The maximum atomic E-state index is 13.1. The number of hydrogen-bond donors (Lipinski definition) is 1. The molecule has 0 saturated heterocycles. The van der Waals surface area contributed by atoms with E-state index in [0.29, 0.717) is 17.9 Å². The first-order valence-electron chi connectivity index (χ1n) is 5.95. The molecule has 0 aromatic heterocycles. The minimum absolute atomic E-state index is 0.0807. The van der Waals surface area contributed by atoms with Gasteiger partial charge >= 0.3 is 6.18 Å². The Labute approximate surface area is 110 Å². The molecule has 6 heteroatoms. The van der Waals surface area contributed by atoms with Crippen LogP contribution in [-0.4, -0.2) is 26.9 Å². The number of alkyl halides is 3. The summed E-state index contributed by atoms with van der Waals surface area (Å²) in [5.41, 5.74) is 0.0807. The van der Waals surface area contributed by atoms with Crippen LogP contribution >= 0.6 is 0 Å². The maximum Gasteiger partial charge on any atom is 0.407 e. The van der Waals surface area contributed by atoms with E-state index in [9.17, 15) is 13.2 Å².